The van der Waals surface area contributed by atoms with Crippen LogP contribution in [0.4, 0.5) is 0 Å². The Morgan fingerprint density at radius 1 is 1.08 bits per heavy atom. The van der Waals surface area contributed by atoms with Crippen LogP contribution in [0.15, 0.2) is 0 Å². The molecule has 1 N–H and O–H groups in total. The van der Waals surface area contributed by atoms with Crippen LogP contribution in [0.2, 0.25) is 0 Å². The van der Waals surface area contributed by atoms with Gasteiger partial charge in [-0.15, -0.1) is 0 Å². The van der Waals surface area contributed by atoms with Gasteiger partial charge in [-0.05, 0) is 40.8 Å². The van der Waals surface area contributed by atoms with Crippen molar-refractivity contribution in [2.75, 3.05) is 33.4 Å². The maximum Gasteiger partial charge on any atom is 0.0707 e. The average molecular weight is 189 g/mol. The van der Waals surface area contributed by atoms with Crippen molar-refractivity contribution >= 4 is 0 Å². The zero-order valence-corrected chi connectivity index (χ0v) is 9.35. The van der Waals surface area contributed by atoms with Gasteiger partial charge < -0.3 is 14.8 Å². The summed E-state index contributed by atoms with van der Waals surface area (Å²) in [6, 6.07) is 0. The summed E-state index contributed by atoms with van der Waals surface area (Å²) in [7, 11) is 1.95. The van der Waals surface area contributed by atoms with Gasteiger partial charge in [0.25, 0.3) is 0 Å². The normalized spacial score (nSPS) is 12.0. The molecule has 0 aliphatic heterocycles. The van der Waals surface area contributed by atoms with Crippen molar-refractivity contribution in [2.45, 2.75) is 32.8 Å². The highest BCUT2D eigenvalue weighted by atomic mass is 16.5. The van der Waals surface area contributed by atoms with Gasteiger partial charge in [-0.25, -0.2) is 0 Å². The fraction of sp³-hybridized carbons (Fsp3) is 1.00. The molecule has 0 aliphatic rings. The van der Waals surface area contributed by atoms with Crippen molar-refractivity contribution < 1.29 is 9.47 Å². The smallest absolute Gasteiger partial charge is 0.0707 e. The lowest BCUT2D eigenvalue weighted by Gasteiger charge is -2.19. The third-order valence-corrected chi connectivity index (χ3v) is 1.48. The predicted octanol–water partition coefficient (Wildman–Crippen LogP) is 1.43. The van der Waals surface area contributed by atoms with Crippen molar-refractivity contribution in [2.24, 2.45) is 0 Å². The second-order valence-electron chi connectivity index (χ2n) is 4.03. The standard InChI is InChI=1S/C10H23NO2/c1-10(2,3)13-9-8-12-7-5-6-11-4/h11H,5-9H2,1-4H3. The lowest BCUT2D eigenvalue weighted by molar-refractivity contribution is -0.0349. The first kappa shape index (κ1) is 12.9. The van der Waals surface area contributed by atoms with Crippen molar-refractivity contribution in [3.63, 3.8) is 0 Å². The summed E-state index contributed by atoms with van der Waals surface area (Å²) in [4.78, 5) is 0. The van der Waals surface area contributed by atoms with Gasteiger partial charge in [0, 0.05) is 6.61 Å². The van der Waals surface area contributed by atoms with Gasteiger partial charge in [-0.2, -0.15) is 0 Å². The molecule has 3 heteroatoms. The Morgan fingerprint density at radius 2 is 1.77 bits per heavy atom. The van der Waals surface area contributed by atoms with Crippen LogP contribution in [0.25, 0.3) is 0 Å². The lowest BCUT2D eigenvalue weighted by Crippen LogP contribution is -2.22. The molecular weight excluding hydrogens is 166 g/mol. The maximum atomic E-state index is 5.50. The van der Waals surface area contributed by atoms with Gasteiger partial charge in [0.1, 0.15) is 0 Å². The van der Waals surface area contributed by atoms with Gasteiger partial charge in [0.2, 0.25) is 0 Å². The molecule has 13 heavy (non-hydrogen) atoms. The Bertz CT molecular complexity index is 110. The van der Waals surface area contributed by atoms with Crippen LogP contribution in [0, 0.1) is 0 Å². The minimum atomic E-state index is -0.0473. The van der Waals surface area contributed by atoms with Crippen molar-refractivity contribution in [1.82, 2.24) is 5.32 Å². The number of nitrogens with one attached hydrogen (secondary N) is 1. The molecule has 0 heterocycles. The first-order chi connectivity index (χ1) is 6.06. The largest absolute Gasteiger partial charge is 0.379 e. The quantitative estimate of drug-likeness (QED) is 0.615. The Morgan fingerprint density at radius 3 is 2.31 bits per heavy atom. The number of ether oxygens (including phenoxy) is 2. The molecule has 0 aromatic rings. The Hall–Kier alpha value is -0.120. The fourth-order valence-corrected chi connectivity index (χ4v) is 0.860. The van der Waals surface area contributed by atoms with E-state index in [9.17, 15) is 0 Å². The molecule has 0 fully saturated rings. The second-order valence-corrected chi connectivity index (χ2v) is 4.03. The van der Waals surface area contributed by atoms with Crippen LogP contribution in [-0.4, -0.2) is 39.0 Å². The van der Waals surface area contributed by atoms with Crippen molar-refractivity contribution in [3.8, 4) is 0 Å². The van der Waals surface area contributed by atoms with E-state index in [4.69, 9.17) is 9.47 Å². The number of hydrogen-bond acceptors (Lipinski definition) is 3. The predicted molar refractivity (Wildman–Crippen MR) is 55.1 cm³/mol. The second kappa shape index (κ2) is 7.30. The van der Waals surface area contributed by atoms with Gasteiger partial charge >= 0.3 is 0 Å². The van der Waals surface area contributed by atoms with Crippen LogP contribution in [0.5, 0.6) is 0 Å². The fourth-order valence-electron chi connectivity index (χ4n) is 0.860. The van der Waals surface area contributed by atoms with Crippen LogP contribution in [0.1, 0.15) is 27.2 Å². The minimum absolute atomic E-state index is 0.0473. The molecule has 0 rings (SSSR count). The number of hydrogen-bond donors (Lipinski definition) is 1. The van der Waals surface area contributed by atoms with E-state index in [1.165, 1.54) is 0 Å². The summed E-state index contributed by atoms with van der Waals surface area (Å²) in [6.07, 6.45) is 1.06. The summed E-state index contributed by atoms with van der Waals surface area (Å²) in [5.41, 5.74) is -0.0473. The monoisotopic (exact) mass is 189 g/mol. The maximum absolute atomic E-state index is 5.50. The molecule has 0 radical (unpaired) electrons. The minimum Gasteiger partial charge on any atom is -0.379 e. The number of rotatable bonds is 7. The first-order valence-corrected chi connectivity index (χ1v) is 4.92. The average Bonchev–Trinajstić information content (AvgIpc) is 2.01. The molecule has 0 bridgehead atoms. The lowest BCUT2D eigenvalue weighted by atomic mass is 10.2. The summed E-state index contributed by atoms with van der Waals surface area (Å²) in [5.74, 6) is 0. The molecule has 0 amide bonds. The van der Waals surface area contributed by atoms with Crippen LogP contribution in [0.3, 0.4) is 0 Å². The van der Waals surface area contributed by atoms with E-state index < -0.39 is 0 Å². The molecule has 0 aromatic heterocycles. The van der Waals surface area contributed by atoms with Crippen LogP contribution >= 0.6 is 0 Å². The molecule has 0 unspecified atom stereocenters. The van der Waals surface area contributed by atoms with E-state index in [0.717, 1.165) is 19.6 Å². The molecule has 0 spiro atoms. The highest BCUT2D eigenvalue weighted by molar-refractivity contribution is 4.57. The molecule has 3 nitrogen and oxygen atoms in total. The molecular formula is C10H23NO2. The molecule has 0 saturated carbocycles. The zero-order chi connectivity index (χ0) is 10.2. The van der Waals surface area contributed by atoms with Crippen molar-refractivity contribution in [1.29, 1.82) is 0 Å². The zero-order valence-electron chi connectivity index (χ0n) is 9.35. The first-order valence-electron chi connectivity index (χ1n) is 4.92. The third kappa shape index (κ3) is 11.9. The van der Waals surface area contributed by atoms with E-state index >= 15 is 0 Å². The highest BCUT2D eigenvalue weighted by Crippen LogP contribution is 2.05. The Kier molecular flexibility index (Phi) is 7.23. The summed E-state index contributed by atoms with van der Waals surface area (Å²) < 4.78 is 10.9. The van der Waals surface area contributed by atoms with Crippen LogP contribution < -0.4 is 5.32 Å². The van der Waals surface area contributed by atoms with Crippen LogP contribution in [-0.2, 0) is 9.47 Å². The summed E-state index contributed by atoms with van der Waals surface area (Å²) in [6.45, 7) is 9.36. The highest BCUT2D eigenvalue weighted by Gasteiger charge is 2.08. The Labute approximate surface area is 81.8 Å². The van der Waals surface area contributed by atoms with E-state index in [1.807, 2.05) is 27.8 Å². The SMILES string of the molecule is CNCCCOCCOC(C)(C)C. The van der Waals surface area contributed by atoms with E-state index in [0.29, 0.717) is 13.2 Å². The molecule has 0 aromatic carbocycles. The van der Waals surface area contributed by atoms with E-state index in [2.05, 4.69) is 5.32 Å². The molecule has 0 saturated heterocycles. The summed E-state index contributed by atoms with van der Waals surface area (Å²) >= 11 is 0. The Balaban J connectivity index is 3.00. The van der Waals surface area contributed by atoms with E-state index in [1.54, 1.807) is 0 Å². The topological polar surface area (TPSA) is 30.5 Å². The van der Waals surface area contributed by atoms with Gasteiger partial charge in [0.15, 0.2) is 0 Å². The van der Waals surface area contributed by atoms with Gasteiger partial charge in [0.05, 0.1) is 18.8 Å². The van der Waals surface area contributed by atoms with Gasteiger partial charge in [-0.1, -0.05) is 0 Å². The van der Waals surface area contributed by atoms with Crippen molar-refractivity contribution in [3.05, 3.63) is 0 Å². The molecule has 0 aliphatic carbocycles. The van der Waals surface area contributed by atoms with Gasteiger partial charge in [-0.3, -0.25) is 0 Å². The summed E-state index contributed by atoms with van der Waals surface area (Å²) in [5, 5.41) is 3.07. The molecule has 0 atom stereocenters. The van der Waals surface area contributed by atoms with E-state index in [-0.39, 0.29) is 5.60 Å². The molecule has 80 valence electrons. The third-order valence-electron chi connectivity index (χ3n) is 1.48.